The van der Waals surface area contributed by atoms with Gasteiger partial charge in [0.1, 0.15) is 11.6 Å². The quantitative estimate of drug-likeness (QED) is 0.642. The van der Waals surface area contributed by atoms with E-state index in [1.54, 1.807) is 10.9 Å². The smallest absolute Gasteiger partial charge is 0.144 e. The van der Waals surface area contributed by atoms with E-state index in [-0.39, 0.29) is 5.92 Å². The minimum Gasteiger partial charge on any atom is -0.381 e. The largest absolute Gasteiger partial charge is 0.381 e. The fraction of sp³-hybridized carbons (Fsp3) is 0.462. The Morgan fingerprint density at radius 1 is 1.45 bits per heavy atom. The summed E-state index contributed by atoms with van der Waals surface area (Å²) in [5.41, 5.74) is 4.37. The number of aromatic nitrogens is 4. The zero-order chi connectivity index (χ0) is 13.9. The Morgan fingerprint density at radius 3 is 3.00 bits per heavy atom. The number of anilines is 1. The standard InChI is InChI=1S/C13H18N6O/c1-19-7-10(6-15-19)11-5-12(18-14)17-13(16-11)9-3-2-4-20-8-9/h5-7,9H,2-4,8,14H2,1H3,(H,16,17,18). The minimum absolute atomic E-state index is 0.229. The van der Waals surface area contributed by atoms with Gasteiger partial charge in [0, 0.05) is 37.4 Å². The molecule has 1 aliphatic heterocycles. The average molecular weight is 274 g/mol. The number of nitrogens with one attached hydrogen (secondary N) is 1. The van der Waals surface area contributed by atoms with E-state index in [1.807, 2.05) is 19.3 Å². The van der Waals surface area contributed by atoms with Gasteiger partial charge in [0.15, 0.2) is 0 Å². The van der Waals surface area contributed by atoms with Crippen LogP contribution in [0.3, 0.4) is 0 Å². The van der Waals surface area contributed by atoms with Crippen molar-refractivity contribution in [3.63, 3.8) is 0 Å². The highest BCUT2D eigenvalue weighted by Gasteiger charge is 2.20. The van der Waals surface area contributed by atoms with Gasteiger partial charge in [-0.15, -0.1) is 0 Å². The van der Waals surface area contributed by atoms with E-state index in [9.17, 15) is 0 Å². The Hall–Kier alpha value is -1.99. The lowest BCUT2D eigenvalue weighted by molar-refractivity contribution is 0.0781. The van der Waals surface area contributed by atoms with Crippen molar-refractivity contribution in [2.75, 3.05) is 18.6 Å². The molecule has 2 aromatic rings. The van der Waals surface area contributed by atoms with Crippen LogP contribution in [0.25, 0.3) is 11.3 Å². The first-order chi connectivity index (χ1) is 9.76. The molecule has 3 rings (SSSR count). The molecule has 1 saturated heterocycles. The molecule has 3 heterocycles. The fourth-order valence-electron chi connectivity index (χ4n) is 2.37. The summed E-state index contributed by atoms with van der Waals surface area (Å²) < 4.78 is 7.26. The lowest BCUT2D eigenvalue weighted by Crippen LogP contribution is -2.19. The summed E-state index contributed by atoms with van der Waals surface area (Å²) in [4.78, 5) is 9.10. The molecule has 1 fully saturated rings. The Morgan fingerprint density at radius 2 is 2.35 bits per heavy atom. The molecular formula is C13H18N6O. The summed E-state index contributed by atoms with van der Waals surface area (Å²) in [6, 6.07) is 1.82. The van der Waals surface area contributed by atoms with Crippen LogP contribution in [-0.2, 0) is 11.8 Å². The van der Waals surface area contributed by atoms with Crippen molar-refractivity contribution in [2.45, 2.75) is 18.8 Å². The van der Waals surface area contributed by atoms with Crippen molar-refractivity contribution in [1.82, 2.24) is 19.7 Å². The van der Waals surface area contributed by atoms with Crippen LogP contribution in [0.1, 0.15) is 24.6 Å². The molecule has 1 atom stereocenters. The lowest BCUT2D eigenvalue weighted by atomic mass is 10.0. The summed E-state index contributed by atoms with van der Waals surface area (Å²) >= 11 is 0. The van der Waals surface area contributed by atoms with Crippen LogP contribution in [0.5, 0.6) is 0 Å². The first-order valence-corrected chi connectivity index (χ1v) is 6.68. The Kier molecular flexibility index (Phi) is 3.62. The zero-order valence-corrected chi connectivity index (χ0v) is 11.4. The van der Waals surface area contributed by atoms with Crippen LogP contribution in [-0.4, -0.2) is 33.0 Å². The highest BCUT2D eigenvalue weighted by atomic mass is 16.5. The van der Waals surface area contributed by atoms with Gasteiger partial charge >= 0.3 is 0 Å². The van der Waals surface area contributed by atoms with E-state index in [0.717, 1.165) is 36.5 Å². The average Bonchev–Trinajstić information content (AvgIpc) is 2.94. The van der Waals surface area contributed by atoms with E-state index < -0.39 is 0 Å². The molecule has 3 N–H and O–H groups in total. The van der Waals surface area contributed by atoms with Crippen molar-refractivity contribution in [3.8, 4) is 11.3 Å². The number of hydrogen-bond acceptors (Lipinski definition) is 6. The molecule has 0 saturated carbocycles. The molecule has 106 valence electrons. The van der Waals surface area contributed by atoms with Crippen LogP contribution in [0.4, 0.5) is 5.82 Å². The van der Waals surface area contributed by atoms with E-state index in [1.165, 1.54) is 0 Å². The summed E-state index contributed by atoms with van der Waals surface area (Å²) in [6.45, 7) is 1.49. The second-order valence-corrected chi connectivity index (χ2v) is 4.96. The van der Waals surface area contributed by atoms with Gasteiger partial charge in [-0.1, -0.05) is 0 Å². The normalized spacial score (nSPS) is 19.0. The Labute approximate surface area is 117 Å². The zero-order valence-electron chi connectivity index (χ0n) is 11.4. The SMILES string of the molecule is Cn1cc(-c2cc(NN)nc(C3CCCOC3)n2)cn1. The molecule has 0 bridgehead atoms. The highest BCUT2D eigenvalue weighted by Crippen LogP contribution is 2.26. The van der Waals surface area contributed by atoms with Crippen molar-refractivity contribution in [1.29, 1.82) is 0 Å². The minimum atomic E-state index is 0.229. The van der Waals surface area contributed by atoms with E-state index >= 15 is 0 Å². The number of nitrogen functional groups attached to an aromatic ring is 1. The maximum Gasteiger partial charge on any atom is 0.144 e. The van der Waals surface area contributed by atoms with Crippen molar-refractivity contribution >= 4 is 5.82 Å². The molecule has 7 heteroatoms. The van der Waals surface area contributed by atoms with Crippen molar-refractivity contribution in [3.05, 3.63) is 24.3 Å². The number of aryl methyl sites for hydroxylation is 1. The topological polar surface area (TPSA) is 90.9 Å². The molecule has 0 aromatic carbocycles. The van der Waals surface area contributed by atoms with Gasteiger partial charge < -0.3 is 10.2 Å². The molecule has 0 amide bonds. The summed E-state index contributed by atoms with van der Waals surface area (Å²) in [7, 11) is 1.88. The third-order valence-electron chi connectivity index (χ3n) is 3.42. The fourth-order valence-corrected chi connectivity index (χ4v) is 2.37. The van der Waals surface area contributed by atoms with Gasteiger partial charge in [-0.2, -0.15) is 5.10 Å². The summed E-state index contributed by atoms with van der Waals surface area (Å²) in [5.74, 6) is 7.12. The maximum absolute atomic E-state index is 5.51. The van der Waals surface area contributed by atoms with Crippen LogP contribution in [0, 0.1) is 0 Å². The van der Waals surface area contributed by atoms with Gasteiger partial charge in [-0.05, 0) is 12.8 Å². The van der Waals surface area contributed by atoms with Crippen molar-refractivity contribution in [2.24, 2.45) is 12.9 Å². The molecular weight excluding hydrogens is 256 g/mol. The molecule has 0 spiro atoms. The summed E-state index contributed by atoms with van der Waals surface area (Å²) in [6.07, 6.45) is 5.78. The van der Waals surface area contributed by atoms with Gasteiger partial charge in [0.05, 0.1) is 18.5 Å². The second kappa shape index (κ2) is 5.56. The van der Waals surface area contributed by atoms with Crippen LogP contribution >= 0.6 is 0 Å². The van der Waals surface area contributed by atoms with Crippen LogP contribution in [0.2, 0.25) is 0 Å². The van der Waals surface area contributed by atoms with Gasteiger partial charge in [0.25, 0.3) is 0 Å². The first kappa shape index (κ1) is 13.0. The Balaban J connectivity index is 1.97. The molecule has 20 heavy (non-hydrogen) atoms. The van der Waals surface area contributed by atoms with Gasteiger partial charge in [-0.25, -0.2) is 15.8 Å². The number of nitrogens with two attached hydrogens (primary N) is 1. The van der Waals surface area contributed by atoms with E-state index in [4.69, 9.17) is 10.6 Å². The maximum atomic E-state index is 5.51. The predicted octanol–water partition coefficient (Wildman–Crippen LogP) is 1.06. The van der Waals surface area contributed by atoms with Gasteiger partial charge in [0.2, 0.25) is 0 Å². The number of hydrazine groups is 1. The number of hydrogen-bond donors (Lipinski definition) is 2. The van der Waals surface area contributed by atoms with Crippen LogP contribution in [0.15, 0.2) is 18.5 Å². The number of ether oxygens (including phenoxy) is 1. The molecule has 1 aliphatic rings. The van der Waals surface area contributed by atoms with E-state index in [0.29, 0.717) is 12.4 Å². The Bertz CT molecular complexity index is 590. The van der Waals surface area contributed by atoms with Crippen molar-refractivity contribution < 1.29 is 4.74 Å². The predicted molar refractivity (Wildman–Crippen MR) is 74.8 cm³/mol. The molecule has 0 radical (unpaired) electrons. The first-order valence-electron chi connectivity index (χ1n) is 6.68. The molecule has 0 aliphatic carbocycles. The lowest BCUT2D eigenvalue weighted by Gasteiger charge is -2.21. The van der Waals surface area contributed by atoms with E-state index in [2.05, 4.69) is 20.5 Å². The second-order valence-electron chi connectivity index (χ2n) is 4.96. The molecule has 7 nitrogen and oxygen atoms in total. The monoisotopic (exact) mass is 274 g/mol. The molecule has 1 unspecified atom stereocenters. The van der Waals surface area contributed by atoms with Gasteiger partial charge in [-0.3, -0.25) is 4.68 Å². The summed E-state index contributed by atoms with van der Waals surface area (Å²) in [5, 5.41) is 4.17. The number of rotatable bonds is 3. The van der Waals surface area contributed by atoms with Crippen LogP contribution < -0.4 is 11.3 Å². The number of nitrogens with zero attached hydrogens (tertiary/aromatic N) is 4. The third kappa shape index (κ3) is 2.63. The third-order valence-corrected chi connectivity index (χ3v) is 3.42. The molecule has 2 aromatic heterocycles. The highest BCUT2D eigenvalue weighted by molar-refractivity contribution is 5.60.